The number of carbonyl (C=O) groups is 1. The monoisotopic (exact) mass is 376 g/mol. The van der Waals surface area contributed by atoms with Crippen LogP contribution in [0, 0.1) is 6.92 Å². The van der Waals surface area contributed by atoms with Crippen molar-refractivity contribution in [1.82, 2.24) is 25.4 Å². The Labute approximate surface area is 159 Å². The van der Waals surface area contributed by atoms with Crippen LogP contribution in [0.5, 0.6) is 5.75 Å². The molecule has 0 saturated carbocycles. The quantitative estimate of drug-likeness (QED) is 0.365. The maximum atomic E-state index is 12.3. The first-order chi connectivity index (χ1) is 13.6. The molecule has 0 radical (unpaired) electrons. The van der Waals surface area contributed by atoms with Crippen molar-refractivity contribution in [2.45, 2.75) is 6.92 Å². The number of para-hydroxylation sites is 1. The van der Waals surface area contributed by atoms with Gasteiger partial charge in [-0.3, -0.25) is 9.89 Å². The first-order valence-corrected chi connectivity index (χ1v) is 8.39. The molecule has 0 bridgehead atoms. The number of hydrazone groups is 1. The van der Waals surface area contributed by atoms with Gasteiger partial charge >= 0.3 is 0 Å². The van der Waals surface area contributed by atoms with E-state index in [0.717, 1.165) is 11.4 Å². The molecule has 3 heterocycles. The van der Waals surface area contributed by atoms with Crippen molar-refractivity contribution in [2.24, 2.45) is 5.10 Å². The predicted octanol–water partition coefficient (Wildman–Crippen LogP) is 2.63. The van der Waals surface area contributed by atoms with Gasteiger partial charge in [0.25, 0.3) is 5.91 Å². The number of benzene rings is 1. The van der Waals surface area contributed by atoms with Crippen LogP contribution >= 0.6 is 0 Å². The minimum absolute atomic E-state index is 0.130. The predicted molar refractivity (Wildman–Crippen MR) is 101 cm³/mol. The molecule has 0 atom stereocenters. The average molecular weight is 376 g/mol. The van der Waals surface area contributed by atoms with E-state index in [0.29, 0.717) is 17.0 Å². The van der Waals surface area contributed by atoms with Gasteiger partial charge in [0.2, 0.25) is 0 Å². The normalized spacial score (nSPS) is 11.2. The number of carbonyl (C=O) groups excluding carboxylic acids is 1. The number of aromatic nitrogens is 4. The van der Waals surface area contributed by atoms with E-state index in [1.54, 1.807) is 6.20 Å². The Morgan fingerprint density at radius 2 is 2.11 bits per heavy atom. The summed E-state index contributed by atoms with van der Waals surface area (Å²) in [6.07, 6.45) is 4.35. The van der Waals surface area contributed by atoms with E-state index in [1.165, 1.54) is 17.1 Å². The topological polar surface area (TPSA) is 121 Å². The smallest absolute Gasteiger partial charge is 0.295 e. The summed E-state index contributed by atoms with van der Waals surface area (Å²) < 4.78 is 6.98. The zero-order valence-corrected chi connectivity index (χ0v) is 14.8. The van der Waals surface area contributed by atoms with Crippen LogP contribution in [0.25, 0.3) is 17.1 Å². The van der Waals surface area contributed by atoms with Crippen LogP contribution < -0.4 is 5.43 Å². The molecule has 28 heavy (non-hydrogen) atoms. The van der Waals surface area contributed by atoms with E-state index in [4.69, 9.17) is 4.42 Å². The fraction of sp³-hybridized carbons (Fsp3) is 0.0526. The number of H-pyrrole nitrogens is 1. The first-order valence-electron chi connectivity index (χ1n) is 8.39. The summed E-state index contributed by atoms with van der Waals surface area (Å²) in [4.78, 5) is 12.3. The zero-order valence-electron chi connectivity index (χ0n) is 14.8. The number of amides is 1. The third-order valence-corrected chi connectivity index (χ3v) is 3.96. The minimum atomic E-state index is -0.637. The maximum absolute atomic E-state index is 12.3. The van der Waals surface area contributed by atoms with Crippen LogP contribution in [-0.4, -0.2) is 37.2 Å². The van der Waals surface area contributed by atoms with Crippen LogP contribution in [0.2, 0.25) is 0 Å². The Hall–Kier alpha value is -4.14. The van der Waals surface area contributed by atoms with E-state index < -0.39 is 5.91 Å². The Kier molecular flexibility index (Phi) is 4.47. The first kappa shape index (κ1) is 17.3. The summed E-state index contributed by atoms with van der Waals surface area (Å²) >= 11 is 0. The lowest BCUT2D eigenvalue weighted by Gasteiger charge is -1.99. The number of furan rings is 1. The standard InChI is InChI=1S/C19H16N6O3/c1-12-7-8-16(28-12)17-13(9-20-22-17)10-21-23-19(27)18-15(26)11-25(24-18)14-5-3-2-4-6-14/h2-11,26H,1H3,(H,20,22)(H,23,27)/b21-10+. The number of aromatic amines is 1. The Morgan fingerprint density at radius 3 is 2.86 bits per heavy atom. The molecule has 0 saturated heterocycles. The van der Waals surface area contributed by atoms with Gasteiger partial charge in [0, 0.05) is 5.56 Å². The van der Waals surface area contributed by atoms with Gasteiger partial charge in [-0.2, -0.15) is 15.3 Å². The van der Waals surface area contributed by atoms with Gasteiger partial charge < -0.3 is 9.52 Å². The number of aromatic hydroxyl groups is 1. The fourth-order valence-electron chi connectivity index (χ4n) is 2.61. The highest BCUT2D eigenvalue weighted by molar-refractivity contribution is 5.96. The van der Waals surface area contributed by atoms with E-state index in [1.807, 2.05) is 49.4 Å². The zero-order chi connectivity index (χ0) is 19.5. The second-order valence-electron chi connectivity index (χ2n) is 5.95. The van der Waals surface area contributed by atoms with Crippen LogP contribution in [0.4, 0.5) is 0 Å². The second-order valence-corrected chi connectivity index (χ2v) is 5.95. The largest absolute Gasteiger partial charge is 0.504 e. The van der Waals surface area contributed by atoms with Crippen LogP contribution in [0.1, 0.15) is 21.8 Å². The highest BCUT2D eigenvalue weighted by Crippen LogP contribution is 2.22. The number of aryl methyl sites for hydroxylation is 1. The summed E-state index contributed by atoms with van der Waals surface area (Å²) in [5, 5.41) is 24.9. The summed E-state index contributed by atoms with van der Waals surface area (Å²) in [7, 11) is 0. The molecule has 3 N–H and O–H groups in total. The van der Waals surface area contributed by atoms with E-state index in [9.17, 15) is 9.90 Å². The van der Waals surface area contributed by atoms with Crippen molar-refractivity contribution in [3.05, 3.63) is 71.9 Å². The van der Waals surface area contributed by atoms with Crippen molar-refractivity contribution >= 4 is 12.1 Å². The minimum Gasteiger partial charge on any atom is -0.504 e. The molecule has 0 aliphatic rings. The van der Waals surface area contributed by atoms with Gasteiger partial charge in [0.05, 0.1) is 24.3 Å². The summed E-state index contributed by atoms with van der Waals surface area (Å²) in [5.74, 6) is 0.501. The lowest BCUT2D eigenvalue weighted by atomic mass is 10.2. The van der Waals surface area contributed by atoms with Crippen LogP contribution in [-0.2, 0) is 0 Å². The van der Waals surface area contributed by atoms with Crippen molar-refractivity contribution in [3.63, 3.8) is 0 Å². The molecule has 9 heteroatoms. The lowest BCUT2D eigenvalue weighted by molar-refractivity contribution is 0.0947. The number of hydrogen-bond donors (Lipinski definition) is 3. The van der Waals surface area contributed by atoms with Crippen LogP contribution in [0.3, 0.4) is 0 Å². The Morgan fingerprint density at radius 1 is 1.29 bits per heavy atom. The molecule has 1 amide bonds. The van der Waals surface area contributed by atoms with E-state index in [2.05, 4.69) is 25.8 Å². The number of rotatable bonds is 5. The Bertz CT molecular complexity index is 1140. The SMILES string of the molecule is Cc1ccc(-c2[nH]ncc2/C=N/NC(=O)c2nn(-c3ccccc3)cc2O)o1. The molecule has 4 rings (SSSR count). The van der Waals surface area contributed by atoms with Gasteiger partial charge in [-0.25, -0.2) is 10.1 Å². The molecule has 0 fully saturated rings. The molecule has 0 unspecified atom stereocenters. The summed E-state index contributed by atoms with van der Waals surface area (Å²) in [6.45, 7) is 1.84. The number of nitrogens with one attached hydrogen (secondary N) is 2. The van der Waals surface area contributed by atoms with Crippen molar-refractivity contribution in [1.29, 1.82) is 0 Å². The van der Waals surface area contributed by atoms with Gasteiger partial charge in [0.15, 0.2) is 17.2 Å². The number of hydrogen-bond acceptors (Lipinski definition) is 6. The van der Waals surface area contributed by atoms with Gasteiger partial charge in [0.1, 0.15) is 11.5 Å². The third-order valence-electron chi connectivity index (χ3n) is 3.96. The highest BCUT2D eigenvalue weighted by Gasteiger charge is 2.17. The van der Waals surface area contributed by atoms with Gasteiger partial charge in [-0.15, -0.1) is 0 Å². The molecular formula is C19H16N6O3. The van der Waals surface area contributed by atoms with Crippen molar-refractivity contribution in [3.8, 4) is 22.9 Å². The highest BCUT2D eigenvalue weighted by atomic mass is 16.3. The molecule has 0 aliphatic carbocycles. The fourth-order valence-corrected chi connectivity index (χ4v) is 2.61. The molecule has 0 spiro atoms. The van der Waals surface area contributed by atoms with E-state index >= 15 is 0 Å². The Balaban J connectivity index is 1.49. The molecule has 0 aliphatic heterocycles. The lowest BCUT2D eigenvalue weighted by Crippen LogP contribution is -2.18. The average Bonchev–Trinajstić information content (AvgIpc) is 3.42. The third kappa shape index (κ3) is 3.40. The maximum Gasteiger partial charge on any atom is 0.295 e. The van der Waals surface area contributed by atoms with Gasteiger partial charge in [-0.1, -0.05) is 18.2 Å². The summed E-state index contributed by atoms with van der Waals surface area (Å²) in [6, 6.07) is 12.8. The molecular weight excluding hydrogens is 360 g/mol. The molecule has 9 nitrogen and oxygen atoms in total. The van der Waals surface area contributed by atoms with E-state index in [-0.39, 0.29) is 11.4 Å². The molecule has 1 aromatic carbocycles. The van der Waals surface area contributed by atoms with Crippen molar-refractivity contribution in [2.75, 3.05) is 0 Å². The van der Waals surface area contributed by atoms with Gasteiger partial charge in [-0.05, 0) is 31.2 Å². The number of nitrogens with zero attached hydrogens (tertiary/aromatic N) is 4. The second kappa shape index (κ2) is 7.23. The molecule has 3 aromatic heterocycles. The molecule has 4 aromatic rings. The van der Waals surface area contributed by atoms with Crippen molar-refractivity contribution < 1.29 is 14.3 Å². The molecule has 140 valence electrons. The van der Waals surface area contributed by atoms with Crippen LogP contribution in [0.15, 0.2) is 64.4 Å². The summed E-state index contributed by atoms with van der Waals surface area (Å²) in [5.41, 5.74) is 4.21.